The number of aliphatic hydroxyl groups is 1. The molecular formula is C14H33ClN2O5. The van der Waals surface area contributed by atoms with Crippen molar-refractivity contribution < 1.29 is 24.5 Å². The fourth-order valence-corrected chi connectivity index (χ4v) is 0.421. The topological polar surface area (TPSA) is 145 Å². The van der Waals surface area contributed by atoms with Crippen LogP contribution in [0.2, 0.25) is 0 Å². The average Bonchev–Trinajstić information content (AvgIpc) is 2.34. The molecule has 8 heteroatoms. The predicted octanol–water partition coefficient (Wildman–Crippen LogP) is 2.32. The van der Waals surface area contributed by atoms with Crippen molar-refractivity contribution in [2.75, 3.05) is 13.2 Å². The first-order valence-corrected chi connectivity index (χ1v) is 7.21. The first kappa shape index (κ1) is 29.2. The number of carboxylic acids is 1. The van der Waals surface area contributed by atoms with Crippen molar-refractivity contribution in [2.24, 2.45) is 5.73 Å². The summed E-state index contributed by atoms with van der Waals surface area (Å²) in [5.74, 6) is -1.33. The Morgan fingerprint density at radius 1 is 1.14 bits per heavy atom. The minimum atomic E-state index is -1.08. The Kier molecular flexibility index (Phi) is 19.9. The molecule has 0 rings (SSSR count). The zero-order chi connectivity index (χ0) is 17.7. The van der Waals surface area contributed by atoms with E-state index >= 15 is 0 Å². The molecule has 7 nitrogen and oxygen atoms in total. The number of halogens is 1. The van der Waals surface area contributed by atoms with Gasteiger partial charge in [-0.05, 0) is 40.5 Å². The van der Waals surface area contributed by atoms with Crippen molar-refractivity contribution in [2.45, 2.75) is 64.8 Å². The van der Waals surface area contributed by atoms with E-state index in [4.69, 9.17) is 32.3 Å². The van der Waals surface area contributed by atoms with Crippen molar-refractivity contribution in [3.05, 3.63) is 0 Å². The lowest BCUT2D eigenvalue weighted by molar-refractivity contribution is -0.146. The van der Waals surface area contributed by atoms with Crippen LogP contribution in [0.15, 0.2) is 0 Å². The standard InChI is InChI=1S/C7H13ClO2.C4H9NO2.C3H8O.H3N/c1-4-5-10-6(9)7(2,3)8;1-4(2,5)3(6)7;1-2-3-4;/h4-5H2,1-3H3;5H2,1-2H3,(H,6,7);4H,2-3H2,1H3;1H3. The fraction of sp³-hybridized carbons (Fsp3) is 0.857. The Balaban J connectivity index is -0.000000118. The largest absolute Gasteiger partial charge is 0.480 e. The van der Waals surface area contributed by atoms with Gasteiger partial charge >= 0.3 is 11.9 Å². The Labute approximate surface area is 138 Å². The summed E-state index contributed by atoms with van der Waals surface area (Å²) in [6.45, 7) is 10.8. The van der Waals surface area contributed by atoms with Crippen LogP contribution in [0, 0.1) is 0 Å². The van der Waals surface area contributed by atoms with Gasteiger partial charge in [-0.1, -0.05) is 13.8 Å². The highest BCUT2D eigenvalue weighted by atomic mass is 35.5. The number of carboxylic acid groups (broad SMARTS) is 1. The van der Waals surface area contributed by atoms with Gasteiger partial charge in [-0.2, -0.15) is 0 Å². The molecule has 0 aromatic rings. The normalized spacial score (nSPS) is 10.0. The molecule has 0 radical (unpaired) electrons. The van der Waals surface area contributed by atoms with Crippen LogP contribution in [0.3, 0.4) is 0 Å². The van der Waals surface area contributed by atoms with E-state index in [1.807, 2.05) is 13.8 Å². The lowest BCUT2D eigenvalue weighted by Gasteiger charge is -2.13. The van der Waals surface area contributed by atoms with E-state index in [1.54, 1.807) is 13.8 Å². The molecule has 7 N–H and O–H groups in total. The third-order valence-electron chi connectivity index (χ3n) is 1.70. The number of nitrogens with two attached hydrogens (primary N) is 1. The van der Waals surface area contributed by atoms with Crippen LogP contribution in [0.1, 0.15) is 54.4 Å². The minimum Gasteiger partial charge on any atom is -0.480 e. The average molecular weight is 345 g/mol. The van der Waals surface area contributed by atoms with Gasteiger partial charge in [-0.15, -0.1) is 11.6 Å². The van der Waals surface area contributed by atoms with Gasteiger partial charge in [-0.3, -0.25) is 9.59 Å². The van der Waals surface area contributed by atoms with Gasteiger partial charge in [0.05, 0.1) is 6.61 Å². The van der Waals surface area contributed by atoms with Crippen molar-refractivity contribution in [3.8, 4) is 0 Å². The second-order valence-electron chi connectivity index (χ2n) is 5.36. The third kappa shape index (κ3) is 24.1. The number of ether oxygens (including phenoxy) is 1. The fourth-order valence-electron chi connectivity index (χ4n) is 0.366. The molecule has 0 amide bonds. The molecular weight excluding hydrogens is 312 g/mol. The van der Waals surface area contributed by atoms with Gasteiger partial charge in [-0.25, -0.2) is 0 Å². The van der Waals surface area contributed by atoms with Crippen molar-refractivity contribution >= 4 is 23.5 Å². The monoisotopic (exact) mass is 344 g/mol. The molecule has 0 bridgehead atoms. The van der Waals surface area contributed by atoms with Crippen molar-refractivity contribution in [1.29, 1.82) is 0 Å². The number of carbonyl (C=O) groups excluding carboxylic acids is 1. The number of carbonyl (C=O) groups is 2. The number of aliphatic hydroxyl groups excluding tert-OH is 1. The highest BCUT2D eigenvalue weighted by molar-refractivity contribution is 6.33. The second kappa shape index (κ2) is 15.0. The molecule has 0 aliphatic carbocycles. The SMILES string of the molecule is CC(C)(N)C(=O)O.CCCO.CCCOC(=O)C(C)(C)Cl.N. The van der Waals surface area contributed by atoms with Crippen LogP contribution < -0.4 is 11.9 Å². The zero-order valence-corrected chi connectivity index (χ0v) is 15.4. The van der Waals surface area contributed by atoms with Gasteiger partial charge in [0.25, 0.3) is 0 Å². The minimum absolute atomic E-state index is 0. The quantitative estimate of drug-likeness (QED) is 0.442. The van der Waals surface area contributed by atoms with Crippen molar-refractivity contribution in [1.82, 2.24) is 6.15 Å². The van der Waals surface area contributed by atoms with Crippen molar-refractivity contribution in [3.63, 3.8) is 0 Å². The summed E-state index contributed by atoms with van der Waals surface area (Å²) in [6.07, 6.45) is 1.71. The smallest absolute Gasteiger partial charge is 0.326 e. The van der Waals surface area contributed by atoms with Gasteiger partial charge < -0.3 is 26.8 Å². The van der Waals surface area contributed by atoms with E-state index in [0.717, 1.165) is 12.8 Å². The number of alkyl halides is 1. The molecule has 0 aromatic carbocycles. The van der Waals surface area contributed by atoms with Crippen LogP contribution in [0.5, 0.6) is 0 Å². The van der Waals surface area contributed by atoms with E-state index in [2.05, 4.69) is 0 Å². The van der Waals surface area contributed by atoms with Crippen LogP contribution in [-0.2, 0) is 14.3 Å². The molecule has 136 valence electrons. The molecule has 0 aliphatic rings. The molecule has 0 fully saturated rings. The Bertz CT molecular complexity index is 284. The van der Waals surface area contributed by atoms with E-state index < -0.39 is 16.4 Å². The Hall–Kier alpha value is -0.890. The first-order valence-electron chi connectivity index (χ1n) is 6.83. The number of esters is 1. The summed E-state index contributed by atoms with van der Waals surface area (Å²) in [7, 11) is 0. The highest BCUT2D eigenvalue weighted by Crippen LogP contribution is 2.14. The number of hydrogen-bond donors (Lipinski definition) is 4. The molecule has 22 heavy (non-hydrogen) atoms. The maximum Gasteiger partial charge on any atom is 0.326 e. The van der Waals surface area contributed by atoms with E-state index in [1.165, 1.54) is 13.8 Å². The molecule has 0 saturated heterocycles. The Morgan fingerprint density at radius 3 is 1.59 bits per heavy atom. The summed E-state index contributed by atoms with van der Waals surface area (Å²) >= 11 is 5.64. The lowest BCUT2D eigenvalue weighted by Crippen LogP contribution is -2.41. The van der Waals surface area contributed by atoms with E-state index in [-0.39, 0.29) is 12.1 Å². The predicted molar refractivity (Wildman–Crippen MR) is 89.5 cm³/mol. The van der Waals surface area contributed by atoms with Gasteiger partial charge in [0.1, 0.15) is 10.4 Å². The highest BCUT2D eigenvalue weighted by Gasteiger charge is 2.25. The summed E-state index contributed by atoms with van der Waals surface area (Å²) in [6, 6.07) is 0. The molecule has 0 heterocycles. The Morgan fingerprint density at radius 2 is 1.45 bits per heavy atom. The van der Waals surface area contributed by atoms with Gasteiger partial charge in [0.15, 0.2) is 0 Å². The summed E-state index contributed by atoms with van der Waals surface area (Å²) in [4.78, 5) is 19.9. The number of aliphatic carboxylic acids is 1. The molecule has 0 aromatic heterocycles. The molecule has 0 aliphatic heterocycles. The molecule has 0 unspecified atom stereocenters. The van der Waals surface area contributed by atoms with Gasteiger partial charge in [0.2, 0.25) is 0 Å². The zero-order valence-electron chi connectivity index (χ0n) is 14.6. The third-order valence-corrected chi connectivity index (χ3v) is 1.85. The molecule has 0 saturated carbocycles. The van der Waals surface area contributed by atoms with Crippen LogP contribution >= 0.6 is 11.6 Å². The summed E-state index contributed by atoms with van der Waals surface area (Å²) in [5.41, 5.74) is 4.00. The maximum absolute atomic E-state index is 10.9. The van der Waals surface area contributed by atoms with E-state index in [0.29, 0.717) is 13.2 Å². The van der Waals surface area contributed by atoms with Gasteiger partial charge in [0, 0.05) is 6.61 Å². The molecule has 0 spiro atoms. The number of hydrogen-bond acceptors (Lipinski definition) is 6. The lowest BCUT2D eigenvalue weighted by atomic mass is 10.1. The van der Waals surface area contributed by atoms with Crippen LogP contribution in [0.4, 0.5) is 0 Å². The van der Waals surface area contributed by atoms with E-state index in [9.17, 15) is 9.59 Å². The summed E-state index contributed by atoms with van der Waals surface area (Å²) < 4.78 is 4.78. The van der Waals surface area contributed by atoms with Crippen LogP contribution in [0.25, 0.3) is 0 Å². The number of rotatable bonds is 5. The molecule has 0 atom stereocenters. The maximum atomic E-state index is 10.9. The van der Waals surface area contributed by atoms with Crippen LogP contribution in [-0.4, -0.2) is 45.8 Å². The first-order chi connectivity index (χ1) is 9.34. The second-order valence-corrected chi connectivity index (χ2v) is 6.30. The summed E-state index contributed by atoms with van der Waals surface area (Å²) in [5, 5.41) is 16.0.